The lowest BCUT2D eigenvalue weighted by Crippen LogP contribution is -2.34. The van der Waals surface area contributed by atoms with Crippen LogP contribution in [0.25, 0.3) is 11.3 Å². The largest absolute Gasteiger partial charge is 0.507 e. The van der Waals surface area contributed by atoms with Crippen LogP contribution in [-0.4, -0.2) is 49.7 Å². The van der Waals surface area contributed by atoms with Crippen molar-refractivity contribution < 1.29 is 14.6 Å². The fourth-order valence-electron chi connectivity index (χ4n) is 3.23. The molecule has 4 rings (SSSR count). The van der Waals surface area contributed by atoms with Gasteiger partial charge in [-0.1, -0.05) is 17.5 Å². The number of carbonyl (C=O) groups is 1. The Labute approximate surface area is 210 Å². The van der Waals surface area contributed by atoms with Gasteiger partial charge in [-0.15, -0.1) is 6.42 Å². The van der Waals surface area contributed by atoms with Gasteiger partial charge in [-0.05, 0) is 70.0 Å². The standard InChI is InChI=1S/C17H11ClN4O.C9H17NO2/c1-2-11-9-12(3-4-15(11)23)14-6-8-20-17(22-14)21-13-5-7-19-16(18)10-13;1-9(2,3)12-8(11)10-6-4-5-7-10/h1,3-10,23H,(H,19,20,21,22);4-7H2,1-3H3. The summed E-state index contributed by atoms with van der Waals surface area (Å²) in [5, 5.41) is 13.1. The number of carbonyl (C=O) groups excluding carboxylic acids is 1. The predicted octanol–water partition coefficient (Wildman–Crippen LogP) is 5.64. The topological polar surface area (TPSA) is 100 Å². The number of phenols is 1. The van der Waals surface area contributed by atoms with Crippen LogP contribution in [0.3, 0.4) is 0 Å². The molecule has 0 saturated carbocycles. The van der Waals surface area contributed by atoms with Crippen molar-refractivity contribution in [2.24, 2.45) is 0 Å². The SMILES string of the molecule is C#Cc1cc(-c2ccnc(Nc3ccnc(Cl)c3)n2)ccc1O.CC(C)(C)OC(=O)N1CCCC1. The highest BCUT2D eigenvalue weighted by Crippen LogP contribution is 2.25. The number of hydrogen-bond donors (Lipinski definition) is 2. The Morgan fingerprint density at radius 3 is 2.51 bits per heavy atom. The minimum absolute atomic E-state index is 0.0649. The first kappa shape index (κ1) is 25.8. The lowest BCUT2D eigenvalue weighted by atomic mass is 10.1. The lowest BCUT2D eigenvalue weighted by molar-refractivity contribution is 0.0295. The molecule has 9 heteroatoms. The number of aromatic hydroxyl groups is 1. The van der Waals surface area contributed by atoms with E-state index in [2.05, 4.69) is 26.2 Å². The van der Waals surface area contributed by atoms with Gasteiger partial charge in [0.05, 0.1) is 11.3 Å². The van der Waals surface area contributed by atoms with Gasteiger partial charge in [-0.3, -0.25) is 0 Å². The van der Waals surface area contributed by atoms with Crippen LogP contribution in [0.5, 0.6) is 5.75 Å². The minimum Gasteiger partial charge on any atom is -0.507 e. The molecule has 1 saturated heterocycles. The molecule has 0 spiro atoms. The Kier molecular flexibility index (Phi) is 8.50. The number of benzene rings is 1. The summed E-state index contributed by atoms with van der Waals surface area (Å²) in [6, 6.07) is 10.2. The van der Waals surface area contributed by atoms with Crippen molar-refractivity contribution in [3.8, 4) is 29.4 Å². The highest BCUT2D eigenvalue weighted by molar-refractivity contribution is 6.29. The monoisotopic (exact) mass is 493 g/mol. The van der Waals surface area contributed by atoms with E-state index in [4.69, 9.17) is 22.8 Å². The summed E-state index contributed by atoms with van der Waals surface area (Å²) >= 11 is 5.85. The number of hydrogen-bond acceptors (Lipinski definition) is 7. The number of aromatic nitrogens is 3. The number of terminal acetylenes is 1. The van der Waals surface area contributed by atoms with Crippen molar-refractivity contribution in [2.45, 2.75) is 39.2 Å². The molecule has 1 amide bonds. The van der Waals surface area contributed by atoms with Crippen molar-refractivity contribution in [3.63, 3.8) is 0 Å². The highest BCUT2D eigenvalue weighted by Gasteiger charge is 2.23. The third-order valence-corrected chi connectivity index (χ3v) is 5.05. The van der Waals surface area contributed by atoms with Crippen molar-refractivity contribution in [2.75, 3.05) is 18.4 Å². The van der Waals surface area contributed by atoms with E-state index in [1.54, 1.807) is 53.7 Å². The zero-order valence-electron chi connectivity index (χ0n) is 20.0. The number of halogens is 1. The van der Waals surface area contributed by atoms with E-state index in [0.29, 0.717) is 22.4 Å². The van der Waals surface area contributed by atoms with Gasteiger partial charge in [0, 0.05) is 36.7 Å². The molecule has 0 radical (unpaired) electrons. The smallest absolute Gasteiger partial charge is 0.410 e. The van der Waals surface area contributed by atoms with E-state index in [1.165, 1.54) is 0 Å². The minimum atomic E-state index is -0.361. The van der Waals surface area contributed by atoms with E-state index < -0.39 is 0 Å². The molecule has 1 aliphatic heterocycles. The molecular formula is C26H28ClN5O3. The number of anilines is 2. The fraction of sp³-hybridized carbons (Fsp3) is 0.308. The second kappa shape index (κ2) is 11.5. The number of phenolic OH excluding ortho intramolecular Hbond substituents is 1. The summed E-state index contributed by atoms with van der Waals surface area (Å²) in [4.78, 5) is 25.7. The van der Waals surface area contributed by atoms with Gasteiger partial charge in [-0.25, -0.2) is 19.7 Å². The molecule has 182 valence electrons. The summed E-state index contributed by atoms with van der Waals surface area (Å²) < 4.78 is 5.21. The average Bonchev–Trinajstić information content (AvgIpc) is 3.34. The Balaban J connectivity index is 0.000000241. The highest BCUT2D eigenvalue weighted by atomic mass is 35.5. The molecule has 3 heterocycles. The molecule has 0 bridgehead atoms. The van der Waals surface area contributed by atoms with Crippen molar-refractivity contribution in [1.82, 2.24) is 19.9 Å². The summed E-state index contributed by atoms with van der Waals surface area (Å²) in [6.07, 6.45) is 10.7. The van der Waals surface area contributed by atoms with Gasteiger partial charge in [0.2, 0.25) is 5.95 Å². The molecule has 0 unspecified atom stereocenters. The molecule has 1 fully saturated rings. The molecule has 0 aliphatic carbocycles. The number of pyridine rings is 1. The number of amides is 1. The van der Waals surface area contributed by atoms with Crippen molar-refractivity contribution >= 4 is 29.3 Å². The van der Waals surface area contributed by atoms with Gasteiger partial charge >= 0.3 is 6.09 Å². The Morgan fingerprint density at radius 2 is 1.86 bits per heavy atom. The van der Waals surface area contributed by atoms with E-state index >= 15 is 0 Å². The van der Waals surface area contributed by atoms with Gasteiger partial charge in [0.25, 0.3) is 0 Å². The third kappa shape index (κ3) is 7.87. The second-order valence-corrected chi connectivity index (χ2v) is 9.20. The molecule has 2 aromatic heterocycles. The third-order valence-electron chi connectivity index (χ3n) is 4.84. The fourth-order valence-corrected chi connectivity index (χ4v) is 3.40. The van der Waals surface area contributed by atoms with Crippen molar-refractivity contribution in [3.05, 3.63) is 59.5 Å². The molecular weight excluding hydrogens is 466 g/mol. The van der Waals surface area contributed by atoms with E-state index in [0.717, 1.165) is 37.2 Å². The van der Waals surface area contributed by atoms with Crippen LogP contribution in [0.1, 0.15) is 39.2 Å². The predicted molar refractivity (Wildman–Crippen MR) is 137 cm³/mol. The summed E-state index contributed by atoms with van der Waals surface area (Å²) in [5.74, 6) is 2.92. The van der Waals surface area contributed by atoms with Crippen LogP contribution in [0, 0.1) is 12.3 Å². The average molecular weight is 494 g/mol. The van der Waals surface area contributed by atoms with E-state index in [9.17, 15) is 9.90 Å². The second-order valence-electron chi connectivity index (χ2n) is 8.81. The lowest BCUT2D eigenvalue weighted by Gasteiger charge is -2.23. The first-order valence-electron chi connectivity index (χ1n) is 11.1. The van der Waals surface area contributed by atoms with Crippen LogP contribution in [0.2, 0.25) is 5.15 Å². The quantitative estimate of drug-likeness (QED) is 0.359. The maximum absolute atomic E-state index is 11.4. The molecule has 2 N–H and O–H groups in total. The first-order valence-corrected chi connectivity index (χ1v) is 11.5. The number of nitrogens with one attached hydrogen (secondary N) is 1. The van der Waals surface area contributed by atoms with E-state index in [1.807, 2.05) is 20.8 Å². The number of likely N-dealkylation sites (tertiary alicyclic amines) is 1. The normalized spacial score (nSPS) is 12.8. The Morgan fingerprint density at radius 1 is 1.14 bits per heavy atom. The number of rotatable bonds is 3. The summed E-state index contributed by atoms with van der Waals surface area (Å²) in [5.41, 5.74) is 2.25. The van der Waals surface area contributed by atoms with Gasteiger partial charge < -0.3 is 20.1 Å². The summed E-state index contributed by atoms with van der Waals surface area (Å²) in [6.45, 7) is 7.38. The molecule has 3 aromatic rings. The zero-order chi connectivity index (χ0) is 25.4. The number of nitrogens with zero attached hydrogens (tertiary/aromatic N) is 4. The Hall–Kier alpha value is -3.83. The van der Waals surface area contributed by atoms with Crippen LogP contribution < -0.4 is 5.32 Å². The summed E-state index contributed by atoms with van der Waals surface area (Å²) in [7, 11) is 0. The van der Waals surface area contributed by atoms with Gasteiger partial charge in [-0.2, -0.15) is 0 Å². The van der Waals surface area contributed by atoms with Crippen LogP contribution in [0.15, 0.2) is 48.8 Å². The first-order chi connectivity index (χ1) is 16.6. The maximum atomic E-state index is 11.4. The van der Waals surface area contributed by atoms with Gasteiger partial charge in [0.15, 0.2) is 0 Å². The van der Waals surface area contributed by atoms with E-state index in [-0.39, 0.29) is 17.4 Å². The van der Waals surface area contributed by atoms with Gasteiger partial charge in [0.1, 0.15) is 16.5 Å². The van der Waals surface area contributed by atoms with Crippen molar-refractivity contribution in [1.29, 1.82) is 0 Å². The van der Waals surface area contributed by atoms with Crippen LogP contribution in [-0.2, 0) is 4.74 Å². The zero-order valence-corrected chi connectivity index (χ0v) is 20.7. The maximum Gasteiger partial charge on any atom is 0.410 e. The van der Waals surface area contributed by atoms with Crippen LogP contribution in [0.4, 0.5) is 16.4 Å². The number of ether oxygens (including phenoxy) is 1. The molecule has 1 aliphatic rings. The molecule has 35 heavy (non-hydrogen) atoms. The Bertz CT molecular complexity index is 1210. The molecule has 8 nitrogen and oxygen atoms in total. The molecule has 0 atom stereocenters. The molecule has 1 aromatic carbocycles. The van der Waals surface area contributed by atoms with Crippen LogP contribution >= 0.6 is 11.6 Å².